The average Bonchev–Trinajstić information content (AvgIpc) is 2.17. The Labute approximate surface area is 89.9 Å². The second kappa shape index (κ2) is 4.29. The average molecular weight is 208 g/mol. The number of nitrogens with zero attached hydrogens (tertiary/aromatic N) is 2. The number of anilines is 1. The van der Waals surface area contributed by atoms with Crippen LogP contribution in [0, 0.1) is 0 Å². The molecule has 0 N–H and O–H groups in total. The van der Waals surface area contributed by atoms with Gasteiger partial charge in [0.1, 0.15) is 5.82 Å². The van der Waals surface area contributed by atoms with Gasteiger partial charge in [-0.05, 0) is 32.9 Å². The van der Waals surface area contributed by atoms with E-state index >= 15 is 0 Å². The third kappa shape index (κ3) is 2.68. The Hall–Kier alpha value is -1.58. The largest absolute Gasteiger partial charge is 0.452 e. The van der Waals surface area contributed by atoms with Gasteiger partial charge in [-0.1, -0.05) is 6.07 Å². The number of rotatable bonds is 1. The lowest BCUT2D eigenvalue weighted by Crippen LogP contribution is -2.46. The zero-order valence-electron chi connectivity index (χ0n) is 9.52. The quantitative estimate of drug-likeness (QED) is 0.712. The van der Waals surface area contributed by atoms with Gasteiger partial charge in [-0.3, -0.25) is 4.90 Å². The molecule has 0 saturated heterocycles. The number of hydrogen-bond donors (Lipinski definition) is 0. The summed E-state index contributed by atoms with van der Waals surface area (Å²) in [6.07, 6.45) is 1.25. The van der Waals surface area contributed by atoms with Gasteiger partial charge in [-0.2, -0.15) is 0 Å². The van der Waals surface area contributed by atoms with E-state index in [1.54, 1.807) is 12.3 Å². The highest BCUT2D eigenvalue weighted by atomic mass is 16.5. The van der Waals surface area contributed by atoms with Gasteiger partial charge in [0.15, 0.2) is 0 Å². The molecule has 0 aromatic carbocycles. The molecule has 1 amide bonds. The van der Waals surface area contributed by atoms with Crippen molar-refractivity contribution < 1.29 is 9.53 Å². The lowest BCUT2D eigenvalue weighted by Gasteiger charge is -2.33. The molecular weight excluding hydrogens is 192 g/mol. The first-order chi connectivity index (χ1) is 6.96. The molecule has 0 aliphatic carbocycles. The summed E-state index contributed by atoms with van der Waals surface area (Å²) in [6, 6.07) is 5.42. The Morgan fingerprint density at radius 1 is 1.40 bits per heavy atom. The molecule has 0 spiro atoms. The van der Waals surface area contributed by atoms with Crippen LogP contribution in [0.3, 0.4) is 0 Å². The molecule has 1 aromatic heterocycles. The van der Waals surface area contributed by atoms with E-state index < -0.39 is 6.09 Å². The molecule has 15 heavy (non-hydrogen) atoms. The molecule has 82 valence electrons. The minimum atomic E-state index is -0.402. The summed E-state index contributed by atoms with van der Waals surface area (Å²) < 4.78 is 4.74. The molecule has 0 saturated carbocycles. The standard InChI is InChI=1S/C11H16N2O2/c1-11(2,3)13(10(14)15-4)9-7-5-6-8-12-9/h5-8H,1-4H3. The zero-order valence-corrected chi connectivity index (χ0v) is 9.52. The highest BCUT2D eigenvalue weighted by molar-refractivity contribution is 5.87. The summed E-state index contributed by atoms with van der Waals surface area (Å²) in [7, 11) is 1.37. The summed E-state index contributed by atoms with van der Waals surface area (Å²) in [5, 5.41) is 0. The number of carbonyl (C=O) groups excluding carboxylic acids is 1. The first-order valence-corrected chi connectivity index (χ1v) is 4.76. The number of amides is 1. The van der Waals surface area contributed by atoms with Crippen LogP contribution >= 0.6 is 0 Å². The first-order valence-electron chi connectivity index (χ1n) is 4.76. The number of carbonyl (C=O) groups is 1. The van der Waals surface area contributed by atoms with Gasteiger partial charge >= 0.3 is 6.09 Å². The van der Waals surface area contributed by atoms with E-state index in [1.807, 2.05) is 32.9 Å². The van der Waals surface area contributed by atoms with Crippen molar-refractivity contribution in [3.63, 3.8) is 0 Å². The summed E-state index contributed by atoms with van der Waals surface area (Å²) in [4.78, 5) is 17.3. The molecule has 4 nitrogen and oxygen atoms in total. The molecule has 4 heteroatoms. The Bertz CT molecular complexity index is 330. The van der Waals surface area contributed by atoms with Gasteiger partial charge in [0.2, 0.25) is 0 Å². The summed E-state index contributed by atoms with van der Waals surface area (Å²) in [6.45, 7) is 5.79. The molecule has 0 fully saturated rings. The molecule has 0 aliphatic rings. The second-order valence-electron chi connectivity index (χ2n) is 4.16. The molecule has 0 aliphatic heterocycles. The van der Waals surface area contributed by atoms with Crippen LogP contribution in [0.15, 0.2) is 24.4 Å². The zero-order chi connectivity index (χ0) is 11.5. The van der Waals surface area contributed by atoms with Crippen molar-refractivity contribution in [3.05, 3.63) is 24.4 Å². The lowest BCUT2D eigenvalue weighted by molar-refractivity contribution is 0.172. The van der Waals surface area contributed by atoms with Crippen molar-refractivity contribution in [2.24, 2.45) is 0 Å². The minimum Gasteiger partial charge on any atom is -0.452 e. The fraction of sp³-hybridized carbons (Fsp3) is 0.455. The van der Waals surface area contributed by atoms with Crippen molar-refractivity contribution in [1.29, 1.82) is 0 Å². The fourth-order valence-corrected chi connectivity index (χ4v) is 1.29. The Kier molecular flexibility index (Phi) is 3.29. The molecule has 1 aromatic rings. The van der Waals surface area contributed by atoms with Crippen LogP contribution in [0.25, 0.3) is 0 Å². The Morgan fingerprint density at radius 2 is 2.07 bits per heavy atom. The van der Waals surface area contributed by atoms with Gasteiger partial charge in [0.25, 0.3) is 0 Å². The van der Waals surface area contributed by atoms with Gasteiger partial charge in [-0.15, -0.1) is 0 Å². The van der Waals surface area contributed by atoms with Gasteiger partial charge < -0.3 is 4.74 Å². The van der Waals surface area contributed by atoms with Gasteiger partial charge in [0, 0.05) is 11.7 Å². The molecular formula is C11H16N2O2. The van der Waals surface area contributed by atoms with Crippen LogP contribution in [-0.2, 0) is 4.74 Å². The third-order valence-corrected chi connectivity index (χ3v) is 1.91. The second-order valence-corrected chi connectivity index (χ2v) is 4.16. The maximum Gasteiger partial charge on any atom is 0.415 e. The number of pyridine rings is 1. The molecule has 0 radical (unpaired) electrons. The Morgan fingerprint density at radius 3 is 2.47 bits per heavy atom. The molecule has 0 atom stereocenters. The number of hydrogen-bond acceptors (Lipinski definition) is 3. The molecule has 1 rings (SSSR count). The first kappa shape index (κ1) is 11.5. The number of ether oxygens (including phenoxy) is 1. The summed E-state index contributed by atoms with van der Waals surface area (Å²) in [5.41, 5.74) is -0.360. The predicted molar refractivity (Wildman–Crippen MR) is 58.9 cm³/mol. The van der Waals surface area contributed by atoms with Crippen LogP contribution in [0.5, 0.6) is 0 Å². The lowest BCUT2D eigenvalue weighted by atomic mass is 10.1. The summed E-state index contributed by atoms with van der Waals surface area (Å²) in [5.74, 6) is 0.594. The van der Waals surface area contributed by atoms with E-state index in [0.717, 1.165) is 0 Å². The van der Waals surface area contributed by atoms with Crippen LogP contribution in [0.1, 0.15) is 20.8 Å². The molecule has 0 unspecified atom stereocenters. The maximum absolute atomic E-state index is 11.6. The van der Waals surface area contributed by atoms with Crippen molar-refractivity contribution in [2.45, 2.75) is 26.3 Å². The van der Waals surface area contributed by atoms with E-state index in [9.17, 15) is 4.79 Å². The minimum absolute atomic E-state index is 0.360. The van der Waals surface area contributed by atoms with Crippen LogP contribution < -0.4 is 4.90 Å². The van der Waals surface area contributed by atoms with Crippen molar-refractivity contribution >= 4 is 11.9 Å². The van der Waals surface area contributed by atoms with E-state index in [4.69, 9.17) is 4.74 Å². The Balaban J connectivity index is 3.08. The third-order valence-electron chi connectivity index (χ3n) is 1.91. The monoisotopic (exact) mass is 208 g/mol. The maximum atomic E-state index is 11.6. The molecule has 0 bridgehead atoms. The van der Waals surface area contributed by atoms with Crippen LogP contribution in [-0.4, -0.2) is 23.7 Å². The van der Waals surface area contributed by atoms with E-state index in [0.29, 0.717) is 5.82 Å². The highest BCUT2D eigenvalue weighted by Crippen LogP contribution is 2.21. The van der Waals surface area contributed by atoms with Gasteiger partial charge in [0.05, 0.1) is 7.11 Å². The van der Waals surface area contributed by atoms with Crippen molar-refractivity contribution in [2.75, 3.05) is 12.0 Å². The van der Waals surface area contributed by atoms with E-state index in [1.165, 1.54) is 12.0 Å². The normalized spacial score (nSPS) is 10.9. The van der Waals surface area contributed by atoms with E-state index in [-0.39, 0.29) is 5.54 Å². The number of aromatic nitrogens is 1. The highest BCUT2D eigenvalue weighted by Gasteiger charge is 2.29. The van der Waals surface area contributed by atoms with Gasteiger partial charge in [-0.25, -0.2) is 9.78 Å². The topological polar surface area (TPSA) is 42.4 Å². The molecule has 1 heterocycles. The van der Waals surface area contributed by atoms with Crippen LogP contribution in [0.4, 0.5) is 10.6 Å². The SMILES string of the molecule is COC(=O)N(c1ccccn1)C(C)(C)C. The van der Waals surface area contributed by atoms with Crippen molar-refractivity contribution in [3.8, 4) is 0 Å². The predicted octanol–water partition coefficient (Wildman–Crippen LogP) is 2.45. The van der Waals surface area contributed by atoms with Crippen molar-refractivity contribution in [1.82, 2.24) is 4.98 Å². The number of methoxy groups -OCH3 is 1. The van der Waals surface area contributed by atoms with E-state index in [2.05, 4.69) is 4.98 Å². The van der Waals surface area contributed by atoms with Crippen LogP contribution in [0.2, 0.25) is 0 Å². The fourth-order valence-electron chi connectivity index (χ4n) is 1.29. The smallest absolute Gasteiger partial charge is 0.415 e. The summed E-state index contributed by atoms with van der Waals surface area (Å²) >= 11 is 0.